The number of aryl methyl sites for hydroxylation is 1. The summed E-state index contributed by atoms with van der Waals surface area (Å²) in [5.74, 6) is 0. The lowest BCUT2D eigenvalue weighted by atomic mass is 9.98. The van der Waals surface area contributed by atoms with Crippen molar-refractivity contribution >= 4 is 5.57 Å². The SMILES string of the molecule is COC=C(C)c1cc(-c2cnoc2)ccc1C. The van der Waals surface area contributed by atoms with E-state index in [-0.39, 0.29) is 0 Å². The van der Waals surface area contributed by atoms with Crippen LogP contribution in [0.2, 0.25) is 0 Å². The Balaban J connectivity index is 2.47. The second-order valence-corrected chi connectivity index (χ2v) is 3.98. The maximum Gasteiger partial charge on any atom is 0.131 e. The molecule has 1 aromatic heterocycles. The third-order valence-corrected chi connectivity index (χ3v) is 2.72. The zero-order valence-corrected chi connectivity index (χ0v) is 10.2. The van der Waals surface area contributed by atoms with Crippen LogP contribution in [0.5, 0.6) is 0 Å². The van der Waals surface area contributed by atoms with Gasteiger partial charge in [-0.25, -0.2) is 0 Å². The third kappa shape index (κ3) is 2.38. The summed E-state index contributed by atoms with van der Waals surface area (Å²) >= 11 is 0. The summed E-state index contributed by atoms with van der Waals surface area (Å²) in [6, 6.07) is 6.27. The highest BCUT2D eigenvalue weighted by molar-refractivity contribution is 5.72. The number of hydrogen-bond acceptors (Lipinski definition) is 3. The molecule has 2 rings (SSSR count). The summed E-state index contributed by atoms with van der Waals surface area (Å²) in [7, 11) is 1.66. The molecule has 3 heteroatoms. The van der Waals surface area contributed by atoms with Crippen molar-refractivity contribution < 1.29 is 9.26 Å². The van der Waals surface area contributed by atoms with E-state index >= 15 is 0 Å². The molecule has 0 atom stereocenters. The summed E-state index contributed by atoms with van der Waals surface area (Å²) < 4.78 is 9.91. The Hall–Kier alpha value is -2.03. The topological polar surface area (TPSA) is 35.3 Å². The normalized spacial score (nSPS) is 11.6. The molecule has 88 valence electrons. The average Bonchev–Trinajstić information content (AvgIpc) is 2.83. The van der Waals surface area contributed by atoms with E-state index in [2.05, 4.69) is 30.3 Å². The monoisotopic (exact) mass is 229 g/mol. The molecule has 0 radical (unpaired) electrons. The van der Waals surface area contributed by atoms with Crippen LogP contribution >= 0.6 is 0 Å². The summed E-state index contributed by atoms with van der Waals surface area (Å²) in [4.78, 5) is 0. The van der Waals surface area contributed by atoms with Crippen LogP contribution in [0.25, 0.3) is 16.7 Å². The van der Waals surface area contributed by atoms with Crippen LogP contribution in [0, 0.1) is 6.92 Å². The van der Waals surface area contributed by atoms with Crippen molar-refractivity contribution in [3.63, 3.8) is 0 Å². The minimum absolute atomic E-state index is 0.983. The molecule has 0 unspecified atom stereocenters. The fraction of sp³-hybridized carbons (Fsp3) is 0.214. The number of benzene rings is 1. The maximum atomic E-state index is 5.05. The molecule has 0 bridgehead atoms. The van der Waals surface area contributed by atoms with Crippen LogP contribution in [0.4, 0.5) is 0 Å². The fourth-order valence-electron chi connectivity index (χ4n) is 1.81. The van der Waals surface area contributed by atoms with Crippen molar-refractivity contribution in [1.29, 1.82) is 0 Å². The Kier molecular flexibility index (Phi) is 3.28. The Morgan fingerprint density at radius 3 is 2.82 bits per heavy atom. The van der Waals surface area contributed by atoms with Gasteiger partial charge in [-0.05, 0) is 42.2 Å². The van der Waals surface area contributed by atoms with Crippen LogP contribution < -0.4 is 0 Å². The van der Waals surface area contributed by atoms with Crippen molar-refractivity contribution in [2.24, 2.45) is 0 Å². The Bertz CT molecular complexity index is 527. The van der Waals surface area contributed by atoms with Gasteiger partial charge in [0.25, 0.3) is 0 Å². The van der Waals surface area contributed by atoms with Gasteiger partial charge < -0.3 is 9.26 Å². The molecule has 0 spiro atoms. The quantitative estimate of drug-likeness (QED) is 0.753. The van der Waals surface area contributed by atoms with Gasteiger partial charge >= 0.3 is 0 Å². The molecule has 1 heterocycles. The van der Waals surface area contributed by atoms with Crippen molar-refractivity contribution in [2.75, 3.05) is 7.11 Å². The summed E-state index contributed by atoms with van der Waals surface area (Å²) in [5, 5.41) is 3.72. The molecule has 0 amide bonds. The number of hydrogen-bond donors (Lipinski definition) is 0. The highest BCUT2D eigenvalue weighted by Crippen LogP contribution is 2.26. The molecule has 0 aliphatic rings. The minimum Gasteiger partial charge on any atom is -0.504 e. The van der Waals surface area contributed by atoms with Crippen molar-refractivity contribution in [2.45, 2.75) is 13.8 Å². The van der Waals surface area contributed by atoms with E-state index in [0.29, 0.717) is 0 Å². The van der Waals surface area contributed by atoms with Gasteiger partial charge in [-0.3, -0.25) is 0 Å². The van der Waals surface area contributed by atoms with E-state index in [0.717, 1.165) is 16.7 Å². The minimum atomic E-state index is 0.983. The summed E-state index contributed by atoms with van der Waals surface area (Å²) in [6.07, 6.45) is 5.10. The van der Waals surface area contributed by atoms with Gasteiger partial charge in [-0.2, -0.15) is 0 Å². The first-order valence-electron chi connectivity index (χ1n) is 5.42. The van der Waals surface area contributed by atoms with E-state index < -0.39 is 0 Å². The zero-order chi connectivity index (χ0) is 12.3. The number of allylic oxidation sites excluding steroid dienone is 1. The second-order valence-electron chi connectivity index (χ2n) is 3.98. The van der Waals surface area contributed by atoms with Gasteiger partial charge in [0.2, 0.25) is 0 Å². The standard InChI is InChI=1S/C14H15NO2/c1-10-4-5-12(13-7-15-17-9-13)6-14(10)11(2)8-16-3/h4-9H,1-3H3. The summed E-state index contributed by atoms with van der Waals surface area (Å²) in [5.41, 5.74) is 5.57. The Morgan fingerprint density at radius 1 is 1.35 bits per heavy atom. The first-order valence-corrected chi connectivity index (χ1v) is 5.42. The number of methoxy groups -OCH3 is 1. The molecular weight excluding hydrogens is 214 g/mol. The molecule has 0 N–H and O–H groups in total. The van der Waals surface area contributed by atoms with Crippen LogP contribution in [-0.4, -0.2) is 12.3 Å². The molecule has 17 heavy (non-hydrogen) atoms. The van der Waals surface area contributed by atoms with Crippen LogP contribution in [0.15, 0.2) is 41.4 Å². The lowest BCUT2D eigenvalue weighted by Crippen LogP contribution is -1.88. The number of nitrogens with zero attached hydrogens (tertiary/aromatic N) is 1. The summed E-state index contributed by atoms with van der Waals surface area (Å²) in [6.45, 7) is 4.11. The van der Waals surface area contributed by atoms with Gasteiger partial charge in [0.15, 0.2) is 0 Å². The highest BCUT2D eigenvalue weighted by atomic mass is 16.5. The molecule has 0 fully saturated rings. The van der Waals surface area contributed by atoms with Crippen molar-refractivity contribution in [3.05, 3.63) is 48.0 Å². The van der Waals surface area contributed by atoms with Crippen molar-refractivity contribution in [3.8, 4) is 11.1 Å². The molecule has 2 aromatic rings. The van der Waals surface area contributed by atoms with Crippen LogP contribution in [-0.2, 0) is 4.74 Å². The first kappa shape index (κ1) is 11.5. The van der Waals surface area contributed by atoms with Gasteiger partial charge in [0.1, 0.15) is 6.26 Å². The molecule has 0 aliphatic carbocycles. The van der Waals surface area contributed by atoms with E-state index in [4.69, 9.17) is 9.26 Å². The van der Waals surface area contributed by atoms with Gasteiger partial charge in [-0.1, -0.05) is 17.3 Å². The maximum absolute atomic E-state index is 5.05. The fourth-order valence-corrected chi connectivity index (χ4v) is 1.81. The third-order valence-electron chi connectivity index (χ3n) is 2.72. The highest BCUT2D eigenvalue weighted by Gasteiger charge is 2.06. The molecule has 0 saturated heterocycles. The lowest BCUT2D eigenvalue weighted by molar-refractivity contribution is 0.339. The molecule has 3 nitrogen and oxygen atoms in total. The molecule has 0 saturated carbocycles. The van der Waals surface area contributed by atoms with E-state index in [1.807, 2.05) is 6.92 Å². The number of ether oxygens (including phenoxy) is 1. The number of rotatable bonds is 3. The zero-order valence-electron chi connectivity index (χ0n) is 10.2. The van der Waals surface area contributed by atoms with E-state index in [9.17, 15) is 0 Å². The second kappa shape index (κ2) is 4.87. The number of aromatic nitrogens is 1. The van der Waals surface area contributed by atoms with Crippen molar-refractivity contribution in [1.82, 2.24) is 5.16 Å². The van der Waals surface area contributed by atoms with E-state index in [1.54, 1.807) is 25.8 Å². The first-order chi connectivity index (χ1) is 8.22. The average molecular weight is 229 g/mol. The van der Waals surface area contributed by atoms with Gasteiger partial charge in [-0.15, -0.1) is 0 Å². The smallest absolute Gasteiger partial charge is 0.131 e. The van der Waals surface area contributed by atoms with Crippen LogP contribution in [0.3, 0.4) is 0 Å². The Labute approximate surface area is 101 Å². The van der Waals surface area contributed by atoms with Gasteiger partial charge in [0.05, 0.1) is 19.6 Å². The lowest BCUT2D eigenvalue weighted by Gasteiger charge is -2.08. The molecular formula is C14H15NO2. The van der Waals surface area contributed by atoms with Crippen LogP contribution in [0.1, 0.15) is 18.1 Å². The molecule has 1 aromatic carbocycles. The Morgan fingerprint density at radius 2 is 2.18 bits per heavy atom. The van der Waals surface area contributed by atoms with Gasteiger partial charge in [0, 0.05) is 5.56 Å². The predicted octanol–water partition coefficient (Wildman–Crippen LogP) is 3.66. The predicted molar refractivity (Wildman–Crippen MR) is 67.3 cm³/mol. The largest absolute Gasteiger partial charge is 0.504 e. The van der Waals surface area contributed by atoms with E-state index in [1.165, 1.54) is 11.1 Å². The molecule has 0 aliphatic heterocycles.